The summed E-state index contributed by atoms with van der Waals surface area (Å²) in [6.45, 7) is 4.30. The number of nitrogens with zero attached hydrogens (tertiary/aromatic N) is 1. The highest BCUT2D eigenvalue weighted by atomic mass is 35.5. The second-order valence-electron chi connectivity index (χ2n) is 6.31. The van der Waals surface area contributed by atoms with Crippen LogP contribution in [0.4, 0.5) is 4.39 Å². The molecule has 0 saturated heterocycles. The molecule has 2 rings (SSSR count). The van der Waals surface area contributed by atoms with Crippen LogP contribution in [0.1, 0.15) is 25.0 Å². The molecular formula is C21H24ClFN2O2S. The second kappa shape index (κ2) is 11.1. The predicted octanol–water partition coefficient (Wildman–Crippen LogP) is 4.27. The largest absolute Gasteiger partial charge is 0.355 e. The van der Waals surface area contributed by atoms with E-state index in [9.17, 15) is 14.0 Å². The molecule has 2 aromatic carbocycles. The van der Waals surface area contributed by atoms with Gasteiger partial charge in [0.25, 0.3) is 0 Å². The van der Waals surface area contributed by atoms with Crippen molar-refractivity contribution in [2.45, 2.75) is 32.2 Å². The normalized spacial score (nSPS) is 11.7. The maximum atomic E-state index is 13.7. The van der Waals surface area contributed by atoms with Crippen LogP contribution < -0.4 is 5.32 Å². The van der Waals surface area contributed by atoms with Crippen molar-refractivity contribution < 1.29 is 14.0 Å². The van der Waals surface area contributed by atoms with Gasteiger partial charge in [0.1, 0.15) is 11.9 Å². The zero-order valence-corrected chi connectivity index (χ0v) is 17.5. The van der Waals surface area contributed by atoms with Crippen LogP contribution in [-0.2, 0) is 21.9 Å². The number of thioether (sulfide) groups is 1. The molecule has 0 spiro atoms. The SMILES string of the molecule is CCNC(=O)[C@H](C)N(Cc1cccc(Cl)c1)C(=O)CSCc1ccccc1F. The van der Waals surface area contributed by atoms with Gasteiger partial charge in [-0.3, -0.25) is 9.59 Å². The summed E-state index contributed by atoms with van der Waals surface area (Å²) in [4.78, 5) is 26.7. The number of carbonyl (C=O) groups excluding carboxylic acids is 2. The molecule has 150 valence electrons. The summed E-state index contributed by atoms with van der Waals surface area (Å²) < 4.78 is 13.7. The van der Waals surface area contributed by atoms with E-state index in [2.05, 4.69) is 5.32 Å². The number of hydrogen-bond donors (Lipinski definition) is 1. The quantitative estimate of drug-likeness (QED) is 0.656. The van der Waals surface area contributed by atoms with Crippen molar-refractivity contribution in [1.82, 2.24) is 10.2 Å². The molecule has 0 unspecified atom stereocenters. The van der Waals surface area contributed by atoms with Gasteiger partial charge in [-0.2, -0.15) is 0 Å². The molecular weight excluding hydrogens is 399 g/mol. The molecule has 1 atom stereocenters. The van der Waals surface area contributed by atoms with Crippen LogP contribution in [0.5, 0.6) is 0 Å². The summed E-state index contributed by atoms with van der Waals surface area (Å²) in [7, 11) is 0. The number of likely N-dealkylation sites (N-methyl/N-ethyl adjacent to an activating group) is 1. The van der Waals surface area contributed by atoms with Gasteiger partial charge in [0.15, 0.2) is 0 Å². The number of nitrogens with one attached hydrogen (secondary N) is 1. The predicted molar refractivity (Wildman–Crippen MR) is 113 cm³/mol. The van der Waals surface area contributed by atoms with Crippen LogP contribution >= 0.6 is 23.4 Å². The standard InChI is InChI=1S/C21H24ClFN2O2S/c1-3-24-21(27)15(2)25(12-16-7-6-9-18(22)11-16)20(26)14-28-13-17-8-4-5-10-19(17)23/h4-11,15H,3,12-14H2,1-2H3,(H,24,27)/t15-/m0/s1. The van der Waals surface area contributed by atoms with Gasteiger partial charge in [-0.05, 0) is 43.2 Å². The molecule has 2 amide bonds. The fourth-order valence-electron chi connectivity index (χ4n) is 2.68. The van der Waals surface area contributed by atoms with E-state index in [0.717, 1.165) is 5.56 Å². The number of rotatable bonds is 9. The first-order valence-electron chi connectivity index (χ1n) is 9.05. The van der Waals surface area contributed by atoms with Crippen LogP contribution in [0, 0.1) is 5.82 Å². The van der Waals surface area contributed by atoms with Gasteiger partial charge in [-0.1, -0.05) is 41.9 Å². The lowest BCUT2D eigenvalue weighted by Crippen LogP contribution is -2.48. The molecule has 2 aromatic rings. The molecule has 28 heavy (non-hydrogen) atoms. The monoisotopic (exact) mass is 422 g/mol. The minimum absolute atomic E-state index is 0.151. The Balaban J connectivity index is 2.07. The van der Waals surface area contributed by atoms with E-state index in [1.807, 2.05) is 19.1 Å². The van der Waals surface area contributed by atoms with E-state index >= 15 is 0 Å². The Morgan fingerprint density at radius 2 is 1.96 bits per heavy atom. The van der Waals surface area contributed by atoms with Gasteiger partial charge in [0, 0.05) is 23.9 Å². The van der Waals surface area contributed by atoms with Gasteiger partial charge >= 0.3 is 0 Å². The van der Waals surface area contributed by atoms with E-state index in [4.69, 9.17) is 11.6 Å². The van der Waals surface area contributed by atoms with Gasteiger partial charge in [0.2, 0.25) is 11.8 Å². The smallest absolute Gasteiger partial charge is 0.242 e. The first kappa shape index (κ1) is 22.2. The number of halogens is 2. The molecule has 0 aliphatic rings. The van der Waals surface area contributed by atoms with Crippen LogP contribution in [0.25, 0.3) is 0 Å². The Hall–Kier alpha value is -2.05. The fraction of sp³-hybridized carbons (Fsp3) is 0.333. The molecule has 0 aliphatic heterocycles. The van der Waals surface area contributed by atoms with Crippen molar-refractivity contribution in [3.63, 3.8) is 0 Å². The van der Waals surface area contributed by atoms with Crippen molar-refractivity contribution in [1.29, 1.82) is 0 Å². The first-order chi connectivity index (χ1) is 13.4. The zero-order valence-electron chi connectivity index (χ0n) is 16.0. The molecule has 0 bridgehead atoms. The summed E-state index contributed by atoms with van der Waals surface area (Å²) in [5, 5.41) is 3.33. The van der Waals surface area contributed by atoms with Crippen LogP contribution in [-0.4, -0.2) is 35.1 Å². The van der Waals surface area contributed by atoms with E-state index in [1.165, 1.54) is 22.7 Å². The van der Waals surface area contributed by atoms with Gasteiger partial charge < -0.3 is 10.2 Å². The van der Waals surface area contributed by atoms with Crippen LogP contribution in [0.3, 0.4) is 0 Å². The summed E-state index contributed by atoms with van der Waals surface area (Å²) in [6.07, 6.45) is 0. The lowest BCUT2D eigenvalue weighted by atomic mass is 10.1. The average Bonchev–Trinajstić information content (AvgIpc) is 2.67. The minimum Gasteiger partial charge on any atom is -0.355 e. The van der Waals surface area contributed by atoms with E-state index in [-0.39, 0.29) is 29.9 Å². The van der Waals surface area contributed by atoms with Crippen molar-refractivity contribution in [2.24, 2.45) is 0 Å². The highest BCUT2D eigenvalue weighted by Gasteiger charge is 2.25. The molecule has 0 aliphatic carbocycles. The molecule has 4 nitrogen and oxygen atoms in total. The van der Waals surface area contributed by atoms with Crippen molar-refractivity contribution in [3.05, 3.63) is 70.5 Å². The van der Waals surface area contributed by atoms with E-state index in [1.54, 1.807) is 37.3 Å². The Kier molecular flexibility index (Phi) is 8.80. The highest BCUT2D eigenvalue weighted by Crippen LogP contribution is 2.19. The molecule has 0 fully saturated rings. The van der Waals surface area contributed by atoms with E-state index < -0.39 is 6.04 Å². The molecule has 1 N–H and O–H groups in total. The van der Waals surface area contributed by atoms with Crippen LogP contribution in [0.2, 0.25) is 5.02 Å². The van der Waals surface area contributed by atoms with Crippen molar-refractivity contribution >= 4 is 35.2 Å². The third-order valence-electron chi connectivity index (χ3n) is 4.20. The van der Waals surface area contributed by atoms with Gasteiger partial charge in [-0.25, -0.2) is 4.39 Å². The Morgan fingerprint density at radius 3 is 2.64 bits per heavy atom. The Bertz CT molecular complexity index is 818. The number of hydrogen-bond acceptors (Lipinski definition) is 3. The molecule has 0 radical (unpaired) electrons. The summed E-state index contributed by atoms with van der Waals surface area (Å²) in [5.74, 6) is -0.136. The van der Waals surface area contributed by atoms with E-state index in [0.29, 0.717) is 22.9 Å². The Labute approximate surface area is 174 Å². The van der Waals surface area contributed by atoms with Gasteiger partial charge in [-0.15, -0.1) is 11.8 Å². The summed E-state index contributed by atoms with van der Waals surface area (Å²) >= 11 is 7.37. The first-order valence-corrected chi connectivity index (χ1v) is 10.6. The molecule has 0 heterocycles. The van der Waals surface area contributed by atoms with Crippen molar-refractivity contribution in [2.75, 3.05) is 12.3 Å². The highest BCUT2D eigenvalue weighted by molar-refractivity contribution is 7.99. The van der Waals surface area contributed by atoms with Gasteiger partial charge in [0.05, 0.1) is 5.75 Å². The zero-order chi connectivity index (χ0) is 20.5. The second-order valence-corrected chi connectivity index (χ2v) is 7.73. The lowest BCUT2D eigenvalue weighted by Gasteiger charge is -2.28. The van der Waals surface area contributed by atoms with Crippen molar-refractivity contribution in [3.8, 4) is 0 Å². The third kappa shape index (κ3) is 6.53. The number of benzene rings is 2. The summed E-state index contributed by atoms with van der Waals surface area (Å²) in [6, 6.07) is 13.1. The molecule has 7 heteroatoms. The lowest BCUT2D eigenvalue weighted by molar-refractivity contribution is -0.138. The molecule has 0 aromatic heterocycles. The van der Waals surface area contributed by atoms with Crippen LogP contribution in [0.15, 0.2) is 48.5 Å². The molecule has 0 saturated carbocycles. The average molecular weight is 423 g/mol. The number of carbonyl (C=O) groups is 2. The number of amides is 2. The topological polar surface area (TPSA) is 49.4 Å². The fourth-order valence-corrected chi connectivity index (χ4v) is 3.79. The maximum Gasteiger partial charge on any atom is 0.242 e. The minimum atomic E-state index is -0.625. The Morgan fingerprint density at radius 1 is 1.21 bits per heavy atom. The third-order valence-corrected chi connectivity index (χ3v) is 5.40. The maximum absolute atomic E-state index is 13.7. The summed E-state index contributed by atoms with van der Waals surface area (Å²) in [5.41, 5.74) is 1.40.